The molecule has 0 spiro atoms. The second-order valence-electron chi connectivity index (χ2n) is 5.47. The smallest absolute Gasteiger partial charge is 0.231 e. The number of carbonyl (C=O) groups excluding carboxylic acids is 1. The molecule has 0 saturated carbocycles. The molecule has 1 unspecified atom stereocenters. The van der Waals surface area contributed by atoms with Crippen LogP contribution in [0, 0.1) is 11.7 Å². The van der Waals surface area contributed by atoms with Crippen molar-refractivity contribution < 1.29 is 17.6 Å². The third-order valence-electron chi connectivity index (χ3n) is 4.04. The minimum Gasteiger partial charge on any atom is -0.315 e. The molecule has 1 aliphatic heterocycles. The average molecular weight is 328 g/mol. The van der Waals surface area contributed by atoms with E-state index in [0.717, 1.165) is 0 Å². The van der Waals surface area contributed by atoms with Crippen molar-refractivity contribution >= 4 is 21.6 Å². The molecule has 1 amide bonds. The zero-order valence-corrected chi connectivity index (χ0v) is 13.6. The number of benzene rings is 1. The van der Waals surface area contributed by atoms with Gasteiger partial charge in [0.2, 0.25) is 15.9 Å². The van der Waals surface area contributed by atoms with Crippen LogP contribution in [-0.4, -0.2) is 44.5 Å². The number of sulfonamides is 1. The molecule has 1 heterocycles. The number of hydrogen-bond donors (Lipinski definition) is 0. The van der Waals surface area contributed by atoms with Crippen LogP contribution in [-0.2, 0) is 14.8 Å². The average Bonchev–Trinajstić information content (AvgIpc) is 2.54. The normalized spacial score (nSPS) is 19.9. The molecule has 1 aromatic rings. The summed E-state index contributed by atoms with van der Waals surface area (Å²) in [6.45, 7) is 2.30. The van der Waals surface area contributed by atoms with E-state index < -0.39 is 10.0 Å². The first-order valence-corrected chi connectivity index (χ1v) is 8.97. The maximum atomic E-state index is 13.0. The van der Waals surface area contributed by atoms with Gasteiger partial charge in [-0.3, -0.25) is 4.79 Å². The molecule has 1 saturated heterocycles. The highest BCUT2D eigenvalue weighted by atomic mass is 32.2. The molecule has 122 valence electrons. The second-order valence-corrected chi connectivity index (χ2v) is 7.73. The van der Waals surface area contributed by atoms with Crippen molar-refractivity contribution in [1.82, 2.24) is 4.31 Å². The molecule has 1 atom stereocenters. The molecule has 1 fully saturated rings. The Bertz CT molecular complexity index is 631. The van der Waals surface area contributed by atoms with Crippen LogP contribution in [0.2, 0.25) is 0 Å². The zero-order valence-electron chi connectivity index (χ0n) is 12.8. The summed E-state index contributed by atoms with van der Waals surface area (Å²) >= 11 is 0. The molecule has 0 aliphatic carbocycles. The summed E-state index contributed by atoms with van der Waals surface area (Å²) in [6.07, 6.45) is 1.34. The summed E-state index contributed by atoms with van der Waals surface area (Å²) in [5.41, 5.74) is 0.599. The lowest BCUT2D eigenvalue weighted by Crippen LogP contribution is -2.46. The molecule has 0 aromatic heterocycles. The van der Waals surface area contributed by atoms with Crippen molar-refractivity contribution in [3.05, 3.63) is 30.1 Å². The minimum atomic E-state index is -3.27. The zero-order chi connectivity index (χ0) is 16.3. The van der Waals surface area contributed by atoms with Gasteiger partial charge in [-0.2, -0.15) is 0 Å². The van der Waals surface area contributed by atoms with Crippen LogP contribution >= 0.6 is 0 Å². The van der Waals surface area contributed by atoms with Crippen LogP contribution in [0.4, 0.5) is 10.1 Å². The van der Waals surface area contributed by atoms with Gasteiger partial charge in [0.1, 0.15) is 5.82 Å². The molecule has 22 heavy (non-hydrogen) atoms. The Kier molecular flexibility index (Phi) is 5.18. The number of halogens is 1. The van der Waals surface area contributed by atoms with E-state index in [-0.39, 0.29) is 29.9 Å². The molecule has 2 rings (SSSR count). The van der Waals surface area contributed by atoms with Gasteiger partial charge in [-0.25, -0.2) is 17.1 Å². The van der Waals surface area contributed by atoms with Crippen LogP contribution in [0.3, 0.4) is 0 Å². The Labute approximate surface area is 130 Å². The van der Waals surface area contributed by atoms with Crippen molar-refractivity contribution in [3.8, 4) is 0 Å². The van der Waals surface area contributed by atoms with Crippen LogP contribution in [0.5, 0.6) is 0 Å². The predicted molar refractivity (Wildman–Crippen MR) is 83.6 cm³/mol. The number of rotatable bonds is 4. The molecule has 0 bridgehead atoms. The first-order chi connectivity index (χ1) is 10.3. The maximum absolute atomic E-state index is 13.0. The summed E-state index contributed by atoms with van der Waals surface area (Å²) in [6, 6.07) is 5.68. The van der Waals surface area contributed by atoms with E-state index in [4.69, 9.17) is 0 Å². The largest absolute Gasteiger partial charge is 0.315 e. The Balaban J connectivity index is 2.10. The molecule has 1 aromatic carbocycles. The fourth-order valence-electron chi connectivity index (χ4n) is 2.65. The fraction of sp³-hybridized carbons (Fsp3) is 0.533. The minimum absolute atomic E-state index is 0.0434. The third-order valence-corrected chi connectivity index (χ3v) is 5.88. The molecule has 0 radical (unpaired) electrons. The fourth-order valence-corrected chi connectivity index (χ4v) is 3.82. The number of amides is 1. The quantitative estimate of drug-likeness (QED) is 0.847. The Morgan fingerprint density at radius 2 is 2.00 bits per heavy atom. The van der Waals surface area contributed by atoms with Crippen molar-refractivity contribution in [2.45, 2.75) is 19.8 Å². The van der Waals surface area contributed by atoms with Crippen LogP contribution in [0.25, 0.3) is 0 Å². The van der Waals surface area contributed by atoms with Crippen molar-refractivity contribution in [3.63, 3.8) is 0 Å². The van der Waals surface area contributed by atoms with Gasteiger partial charge in [-0.05, 0) is 44.0 Å². The van der Waals surface area contributed by atoms with Gasteiger partial charge in [-0.1, -0.05) is 0 Å². The molecular formula is C15H21FN2O3S. The number of hydrogen-bond acceptors (Lipinski definition) is 3. The predicted octanol–water partition coefficient (Wildman–Crippen LogP) is 1.85. The van der Waals surface area contributed by atoms with Gasteiger partial charge in [-0.15, -0.1) is 0 Å². The number of piperidine rings is 1. The van der Waals surface area contributed by atoms with E-state index in [2.05, 4.69) is 0 Å². The summed E-state index contributed by atoms with van der Waals surface area (Å²) in [5.74, 6) is -0.808. The van der Waals surface area contributed by atoms with Crippen molar-refractivity contribution in [2.75, 3.05) is 30.8 Å². The number of nitrogens with zero attached hydrogens (tertiary/aromatic N) is 2. The number of anilines is 1. The summed E-state index contributed by atoms with van der Waals surface area (Å²) in [4.78, 5) is 14.0. The highest BCUT2D eigenvalue weighted by molar-refractivity contribution is 7.89. The molecule has 7 heteroatoms. The van der Waals surface area contributed by atoms with Gasteiger partial charge in [0, 0.05) is 25.8 Å². The Morgan fingerprint density at radius 3 is 2.59 bits per heavy atom. The summed E-state index contributed by atoms with van der Waals surface area (Å²) < 4.78 is 38.3. The van der Waals surface area contributed by atoms with E-state index in [1.807, 2.05) is 0 Å². The monoisotopic (exact) mass is 328 g/mol. The SMILES string of the molecule is CCS(=O)(=O)N1CCCC(C(=O)N(C)c2ccc(F)cc2)C1. The maximum Gasteiger partial charge on any atom is 0.231 e. The van der Waals surface area contributed by atoms with Crippen LogP contribution in [0.1, 0.15) is 19.8 Å². The van der Waals surface area contributed by atoms with Gasteiger partial charge >= 0.3 is 0 Å². The van der Waals surface area contributed by atoms with E-state index in [1.54, 1.807) is 14.0 Å². The third kappa shape index (κ3) is 3.64. The van der Waals surface area contributed by atoms with Crippen LogP contribution < -0.4 is 4.90 Å². The van der Waals surface area contributed by atoms with Crippen molar-refractivity contribution in [1.29, 1.82) is 0 Å². The van der Waals surface area contributed by atoms with E-state index in [0.29, 0.717) is 25.1 Å². The molecule has 0 N–H and O–H groups in total. The number of carbonyl (C=O) groups is 1. The lowest BCUT2D eigenvalue weighted by atomic mass is 9.98. The highest BCUT2D eigenvalue weighted by Gasteiger charge is 2.33. The van der Waals surface area contributed by atoms with Gasteiger partial charge in [0.15, 0.2) is 0 Å². The molecular weight excluding hydrogens is 307 g/mol. The van der Waals surface area contributed by atoms with Crippen molar-refractivity contribution in [2.24, 2.45) is 5.92 Å². The Hall–Kier alpha value is -1.47. The lowest BCUT2D eigenvalue weighted by Gasteiger charge is -2.33. The molecule has 5 nitrogen and oxygen atoms in total. The standard InChI is InChI=1S/C15H21FN2O3S/c1-3-22(20,21)18-10-4-5-12(11-18)15(19)17(2)14-8-6-13(16)7-9-14/h6-9,12H,3-5,10-11H2,1-2H3. The van der Waals surface area contributed by atoms with Gasteiger partial charge in [0.25, 0.3) is 0 Å². The first kappa shape index (κ1) is 16.9. The molecule has 1 aliphatic rings. The Morgan fingerprint density at radius 1 is 1.36 bits per heavy atom. The lowest BCUT2D eigenvalue weighted by molar-refractivity contribution is -0.123. The highest BCUT2D eigenvalue weighted by Crippen LogP contribution is 2.23. The van der Waals surface area contributed by atoms with Gasteiger partial charge < -0.3 is 4.90 Å². The van der Waals surface area contributed by atoms with E-state index >= 15 is 0 Å². The second kappa shape index (κ2) is 6.75. The van der Waals surface area contributed by atoms with Crippen LogP contribution in [0.15, 0.2) is 24.3 Å². The summed E-state index contributed by atoms with van der Waals surface area (Å²) in [7, 11) is -1.64. The topological polar surface area (TPSA) is 57.7 Å². The first-order valence-electron chi connectivity index (χ1n) is 7.36. The van der Waals surface area contributed by atoms with E-state index in [9.17, 15) is 17.6 Å². The van der Waals surface area contributed by atoms with Gasteiger partial charge in [0.05, 0.1) is 11.7 Å². The summed E-state index contributed by atoms with van der Waals surface area (Å²) in [5, 5.41) is 0. The van der Waals surface area contributed by atoms with E-state index in [1.165, 1.54) is 33.5 Å².